The summed E-state index contributed by atoms with van der Waals surface area (Å²) >= 11 is 0. The maximum Gasteiger partial charge on any atom is 0.168 e. The van der Waals surface area contributed by atoms with E-state index in [1.165, 1.54) is 6.42 Å². The van der Waals surface area contributed by atoms with Gasteiger partial charge in [-0.25, -0.2) is 0 Å². The second-order valence-corrected chi connectivity index (χ2v) is 8.02. The van der Waals surface area contributed by atoms with E-state index in [1.807, 2.05) is 0 Å². The molecule has 1 unspecified atom stereocenters. The summed E-state index contributed by atoms with van der Waals surface area (Å²) in [4.78, 5) is 0. The second kappa shape index (κ2) is 5.80. The molecule has 3 rings (SSSR count). The zero-order valence-electron chi connectivity index (χ0n) is 13.8. The van der Waals surface area contributed by atoms with Gasteiger partial charge in [-0.2, -0.15) is 0 Å². The lowest BCUT2D eigenvalue weighted by Gasteiger charge is -2.49. The van der Waals surface area contributed by atoms with Crippen LogP contribution in [0.25, 0.3) is 0 Å². The fourth-order valence-corrected chi connectivity index (χ4v) is 3.42. The standard InChI is InChI=1S/C17H30O4/c1-15(2)12-19-17(20-13-15)9-7-16(3,8-10-17)21-14-6-4-5-11-18-14/h14H,4-13H2,1-3H3. The van der Waals surface area contributed by atoms with E-state index in [1.54, 1.807) is 0 Å². The van der Waals surface area contributed by atoms with Crippen LogP contribution in [0.4, 0.5) is 0 Å². The third kappa shape index (κ3) is 3.79. The minimum Gasteiger partial charge on any atom is -0.353 e. The monoisotopic (exact) mass is 298 g/mol. The van der Waals surface area contributed by atoms with Gasteiger partial charge in [-0.15, -0.1) is 0 Å². The van der Waals surface area contributed by atoms with E-state index < -0.39 is 0 Å². The van der Waals surface area contributed by atoms with E-state index >= 15 is 0 Å². The number of rotatable bonds is 2. The molecule has 2 aliphatic heterocycles. The second-order valence-electron chi connectivity index (χ2n) is 8.02. The van der Waals surface area contributed by atoms with Gasteiger partial charge in [0, 0.05) is 24.9 Å². The minimum absolute atomic E-state index is 0.00933. The lowest BCUT2D eigenvalue weighted by molar-refractivity contribution is -0.327. The zero-order chi connectivity index (χ0) is 15.0. The Labute approximate surface area is 128 Å². The topological polar surface area (TPSA) is 36.9 Å². The van der Waals surface area contributed by atoms with Crippen molar-refractivity contribution in [1.29, 1.82) is 0 Å². The van der Waals surface area contributed by atoms with Crippen LogP contribution in [0, 0.1) is 5.41 Å². The molecule has 2 saturated heterocycles. The summed E-state index contributed by atoms with van der Waals surface area (Å²) in [5, 5.41) is 0. The Morgan fingerprint density at radius 1 is 0.905 bits per heavy atom. The Morgan fingerprint density at radius 3 is 2.14 bits per heavy atom. The molecule has 0 aromatic rings. The van der Waals surface area contributed by atoms with E-state index in [2.05, 4.69) is 20.8 Å². The first-order valence-electron chi connectivity index (χ1n) is 8.48. The van der Waals surface area contributed by atoms with Gasteiger partial charge in [-0.05, 0) is 39.0 Å². The lowest BCUT2D eigenvalue weighted by Crippen LogP contribution is -2.53. The molecule has 0 radical (unpaired) electrons. The summed E-state index contributed by atoms with van der Waals surface area (Å²) in [5.41, 5.74) is 0.0470. The van der Waals surface area contributed by atoms with Crippen LogP contribution in [0.15, 0.2) is 0 Å². The van der Waals surface area contributed by atoms with Gasteiger partial charge in [-0.1, -0.05) is 13.8 Å². The molecule has 4 heteroatoms. The highest BCUT2D eigenvalue weighted by atomic mass is 16.7. The molecule has 0 bridgehead atoms. The van der Waals surface area contributed by atoms with E-state index in [0.29, 0.717) is 0 Å². The van der Waals surface area contributed by atoms with Crippen LogP contribution < -0.4 is 0 Å². The van der Waals surface area contributed by atoms with Crippen LogP contribution in [-0.2, 0) is 18.9 Å². The third-order valence-electron chi connectivity index (χ3n) is 5.08. The first-order valence-corrected chi connectivity index (χ1v) is 8.48. The molecule has 2 heterocycles. The van der Waals surface area contributed by atoms with Crippen LogP contribution in [0.2, 0.25) is 0 Å². The van der Waals surface area contributed by atoms with Crippen molar-refractivity contribution in [3.05, 3.63) is 0 Å². The SMILES string of the molecule is CC1(C)COC2(CCC(C)(OC3CCCCO3)CC2)OC1. The van der Waals surface area contributed by atoms with E-state index in [9.17, 15) is 0 Å². The summed E-state index contributed by atoms with van der Waals surface area (Å²) in [6.07, 6.45) is 7.20. The highest BCUT2D eigenvalue weighted by Crippen LogP contribution is 2.44. The molecule has 122 valence electrons. The molecule has 0 N–H and O–H groups in total. The Kier molecular flexibility index (Phi) is 4.34. The first kappa shape index (κ1) is 15.7. The fraction of sp³-hybridized carbons (Fsp3) is 1.00. The molecular formula is C17H30O4. The fourth-order valence-electron chi connectivity index (χ4n) is 3.42. The van der Waals surface area contributed by atoms with Gasteiger partial charge in [0.25, 0.3) is 0 Å². The average Bonchev–Trinajstić information content (AvgIpc) is 2.47. The molecule has 4 nitrogen and oxygen atoms in total. The molecule has 1 saturated carbocycles. The highest BCUT2D eigenvalue weighted by Gasteiger charge is 2.47. The Balaban J connectivity index is 1.52. The summed E-state index contributed by atoms with van der Waals surface area (Å²) in [6, 6.07) is 0. The lowest BCUT2D eigenvalue weighted by atomic mass is 9.81. The van der Waals surface area contributed by atoms with E-state index in [0.717, 1.165) is 58.3 Å². The maximum absolute atomic E-state index is 6.26. The van der Waals surface area contributed by atoms with Crippen molar-refractivity contribution >= 4 is 0 Å². The van der Waals surface area contributed by atoms with Crippen molar-refractivity contribution < 1.29 is 18.9 Å². The summed E-state index contributed by atoms with van der Waals surface area (Å²) in [5.74, 6) is -0.355. The number of hydrogen-bond donors (Lipinski definition) is 0. The summed E-state index contributed by atoms with van der Waals surface area (Å²) in [6.45, 7) is 9.01. The molecule has 1 aliphatic carbocycles. The maximum atomic E-state index is 6.26. The number of hydrogen-bond acceptors (Lipinski definition) is 4. The van der Waals surface area contributed by atoms with Crippen molar-refractivity contribution in [2.24, 2.45) is 5.41 Å². The molecule has 3 aliphatic rings. The van der Waals surface area contributed by atoms with Crippen LogP contribution in [0.3, 0.4) is 0 Å². The van der Waals surface area contributed by atoms with Crippen molar-refractivity contribution in [3.63, 3.8) is 0 Å². The van der Waals surface area contributed by atoms with Gasteiger partial charge in [0.05, 0.1) is 18.8 Å². The van der Waals surface area contributed by atoms with Crippen LogP contribution in [0.5, 0.6) is 0 Å². The van der Waals surface area contributed by atoms with E-state index in [-0.39, 0.29) is 23.1 Å². The molecule has 21 heavy (non-hydrogen) atoms. The summed E-state index contributed by atoms with van der Waals surface area (Å²) in [7, 11) is 0. The average molecular weight is 298 g/mol. The highest BCUT2D eigenvalue weighted by molar-refractivity contribution is 4.91. The van der Waals surface area contributed by atoms with Crippen molar-refractivity contribution in [2.75, 3.05) is 19.8 Å². The molecule has 0 aromatic carbocycles. The summed E-state index contributed by atoms with van der Waals surface area (Å²) < 4.78 is 24.2. The molecular weight excluding hydrogens is 268 g/mol. The van der Waals surface area contributed by atoms with Gasteiger partial charge in [0.1, 0.15) is 0 Å². The van der Waals surface area contributed by atoms with Gasteiger partial charge in [0.2, 0.25) is 0 Å². The van der Waals surface area contributed by atoms with Gasteiger partial charge in [0.15, 0.2) is 12.1 Å². The van der Waals surface area contributed by atoms with Crippen LogP contribution in [0.1, 0.15) is 65.7 Å². The largest absolute Gasteiger partial charge is 0.353 e. The normalized spacial score (nSPS) is 34.7. The van der Waals surface area contributed by atoms with E-state index in [4.69, 9.17) is 18.9 Å². The van der Waals surface area contributed by atoms with Gasteiger partial charge in [-0.3, -0.25) is 0 Å². The Morgan fingerprint density at radius 2 is 1.57 bits per heavy atom. The molecule has 0 amide bonds. The predicted molar refractivity (Wildman–Crippen MR) is 80.0 cm³/mol. The molecule has 1 spiro atoms. The quantitative estimate of drug-likeness (QED) is 0.780. The molecule has 0 aromatic heterocycles. The van der Waals surface area contributed by atoms with Crippen molar-refractivity contribution in [2.45, 2.75) is 83.4 Å². The van der Waals surface area contributed by atoms with Gasteiger partial charge >= 0.3 is 0 Å². The molecule has 1 atom stereocenters. The first-order chi connectivity index (χ1) is 9.91. The Bertz CT molecular complexity index is 340. The van der Waals surface area contributed by atoms with Crippen LogP contribution >= 0.6 is 0 Å². The minimum atomic E-state index is -0.355. The zero-order valence-corrected chi connectivity index (χ0v) is 13.8. The molecule has 3 fully saturated rings. The van der Waals surface area contributed by atoms with Gasteiger partial charge < -0.3 is 18.9 Å². The van der Waals surface area contributed by atoms with Crippen molar-refractivity contribution in [1.82, 2.24) is 0 Å². The third-order valence-corrected chi connectivity index (χ3v) is 5.08. The van der Waals surface area contributed by atoms with Crippen LogP contribution in [-0.4, -0.2) is 37.5 Å². The Hall–Kier alpha value is -0.160. The van der Waals surface area contributed by atoms with Crippen molar-refractivity contribution in [3.8, 4) is 0 Å². The smallest absolute Gasteiger partial charge is 0.168 e. The number of ether oxygens (including phenoxy) is 4. The predicted octanol–water partition coefficient (Wildman–Crippen LogP) is 3.63.